The lowest BCUT2D eigenvalue weighted by Gasteiger charge is -2.26. The third-order valence-electron chi connectivity index (χ3n) is 3.35. The van der Waals surface area contributed by atoms with Crippen molar-refractivity contribution in [2.45, 2.75) is 25.1 Å². The summed E-state index contributed by atoms with van der Waals surface area (Å²) >= 11 is 0. The van der Waals surface area contributed by atoms with Gasteiger partial charge in [-0.3, -0.25) is 9.69 Å². The number of rotatable bonds is 3. The zero-order valence-electron chi connectivity index (χ0n) is 10.3. The molecule has 0 aromatic heterocycles. The van der Waals surface area contributed by atoms with Crippen molar-refractivity contribution < 1.29 is 18.0 Å². The first-order valence-corrected chi connectivity index (χ1v) is 6.08. The summed E-state index contributed by atoms with van der Waals surface area (Å²) in [6.45, 7) is 0.594. The van der Waals surface area contributed by atoms with Gasteiger partial charge in [-0.25, -0.2) is 0 Å². The van der Waals surface area contributed by atoms with E-state index in [4.69, 9.17) is 5.73 Å². The molecule has 2 N–H and O–H groups in total. The number of carbonyl (C=O) groups is 1. The smallest absolute Gasteiger partial charge is 0.369 e. The molecule has 104 valence electrons. The quantitative estimate of drug-likeness (QED) is 0.918. The molecular weight excluding hydrogens is 257 g/mol. The maximum Gasteiger partial charge on any atom is 0.416 e. The van der Waals surface area contributed by atoms with E-state index in [1.165, 1.54) is 12.1 Å². The molecule has 0 spiro atoms. The summed E-state index contributed by atoms with van der Waals surface area (Å²) in [6.07, 6.45) is -3.00. The summed E-state index contributed by atoms with van der Waals surface area (Å²) in [4.78, 5) is 12.7. The minimum atomic E-state index is -4.38. The minimum absolute atomic E-state index is 0.00312. The molecule has 0 bridgehead atoms. The summed E-state index contributed by atoms with van der Waals surface area (Å²) in [7, 11) is 0. The first kappa shape index (κ1) is 13.9. The van der Waals surface area contributed by atoms with Crippen LogP contribution >= 0.6 is 0 Å². The Balaban J connectivity index is 2.33. The van der Waals surface area contributed by atoms with Gasteiger partial charge in [-0.1, -0.05) is 18.2 Å². The Morgan fingerprint density at radius 3 is 2.68 bits per heavy atom. The summed E-state index contributed by atoms with van der Waals surface area (Å²) < 4.78 is 38.9. The highest BCUT2D eigenvalue weighted by molar-refractivity contribution is 5.76. The number of nitrogens with zero attached hydrogens (tertiary/aromatic N) is 1. The Morgan fingerprint density at radius 1 is 1.37 bits per heavy atom. The number of halogens is 3. The molecule has 2 rings (SSSR count). The third-order valence-corrected chi connectivity index (χ3v) is 3.35. The lowest BCUT2D eigenvalue weighted by Crippen LogP contribution is -2.34. The fourth-order valence-corrected chi connectivity index (χ4v) is 2.61. The fourth-order valence-electron chi connectivity index (χ4n) is 2.61. The molecular formula is C13H15F3N2O. The monoisotopic (exact) mass is 272 g/mol. The molecule has 1 amide bonds. The van der Waals surface area contributed by atoms with Crippen molar-refractivity contribution in [3.63, 3.8) is 0 Å². The van der Waals surface area contributed by atoms with Crippen LogP contribution in [0, 0.1) is 0 Å². The maximum atomic E-state index is 13.0. The highest BCUT2D eigenvalue weighted by Gasteiger charge is 2.37. The molecule has 6 heteroatoms. The van der Waals surface area contributed by atoms with Gasteiger partial charge in [0.05, 0.1) is 12.1 Å². The standard InChI is InChI=1S/C13H15F3N2O/c14-13(15,16)10-5-2-1-4-9(10)11-6-3-7-18(11)8-12(17)19/h1-2,4-5,11H,3,6-8H2,(H2,17,19)/t11-/m1/s1. The van der Waals surface area contributed by atoms with Crippen molar-refractivity contribution in [3.8, 4) is 0 Å². The molecule has 0 unspecified atom stereocenters. The number of alkyl halides is 3. The topological polar surface area (TPSA) is 46.3 Å². The molecule has 19 heavy (non-hydrogen) atoms. The van der Waals surface area contributed by atoms with E-state index in [9.17, 15) is 18.0 Å². The van der Waals surface area contributed by atoms with Crippen LogP contribution in [0.5, 0.6) is 0 Å². The number of hydrogen-bond donors (Lipinski definition) is 1. The van der Waals surface area contributed by atoms with Crippen LogP contribution in [0.25, 0.3) is 0 Å². The Kier molecular flexibility index (Phi) is 3.80. The van der Waals surface area contributed by atoms with Gasteiger partial charge in [0.2, 0.25) is 5.91 Å². The van der Waals surface area contributed by atoms with Gasteiger partial charge in [-0.15, -0.1) is 0 Å². The van der Waals surface area contributed by atoms with E-state index in [0.29, 0.717) is 13.0 Å². The van der Waals surface area contributed by atoms with Crippen LogP contribution in [-0.2, 0) is 11.0 Å². The van der Waals surface area contributed by atoms with Gasteiger partial charge >= 0.3 is 6.18 Å². The van der Waals surface area contributed by atoms with Gasteiger partial charge in [-0.05, 0) is 31.0 Å². The average Bonchev–Trinajstić information content (AvgIpc) is 2.75. The SMILES string of the molecule is NC(=O)CN1CCC[C@@H]1c1ccccc1C(F)(F)F. The van der Waals surface area contributed by atoms with Crippen LogP contribution in [0.4, 0.5) is 13.2 Å². The molecule has 1 aromatic carbocycles. The summed E-state index contributed by atoms with van der Waals surface area (Å²) in [5.74, 6) is -0.517. The molecule has 1 fully saturated rings. The van der Waals surface area contributed by atoms with E-state index in [1.807, 2.05) is 0 Å². The summed E-state index contributed by atoms with van der Waals surface area (Å²) in [5, 5.41) is 0. The minimum Gasteiger partial charge on any atom is -0.369 e. The summed E-state index contributed by atoms with van der Waals surface area (Å²) in [6, 6.07) is 5.14. The predicted molar refractivity (Wildman–Crippen MR) is 64.2 cm³/mol. The summed E-state index contributed by atoms with van der Waals surface area (Å²) in [5.41, 5.74) is 4.74. The molecule has 0 aliphatic carbocycles. The zero-order chi connectivity index (χ0) is 14.0. The van der Waals surface area contributed by atoms with Gasteiger partial charge < -0.3 is 5.73 Å². The van der Waals surface area contributed by atoms with Crippen molar-refractivity contribution in [1.29, 1.82) is 0 Å². The van der Waals surface area contributed by atoms with Gasteiger partial charge in [0.15, 0.2) is 0 Å². The molecule has 1 saturated heterocycles. The largest absolute Gasteiger partial charge is 0.416 e. The highest BCUT2D eigenvalue weighted by atomic mass is 19.4. The van der Waals surface area contributed by atoms with Crippen molar-refractivity contribution in [3.05, 3.63) is 35.4 Å². The molecule has 1 aliphatic rings. The van der Waals surface area contributed by atoms with Gasteiger partial charge in [-0.2, -0.15) is 13.2 Å². The van der Waals surface area contributed by atoms with Crippen molar-refractivity contribution in [2.24, 2.45) is 5.73 Å². The average molecular weight is 272 g/mol. The molecule has 0 saturated carbocycles. The van der Waals surface area contributed by atoms with Crippen LogP contribution in [0.15, 0.2) is 24.3 Å². The first-order chi connectivity index (χ1) is 8.89. The Hall–Kier alpha value is -1.56. The maximum absolute atomic E-state index is 13.0. The van der Waals surface area contributed by atoms with Crippen molar-refractivity contribution in [1.82, 2.24) is 4.90 Å². The van der Waals surface area contributed by atoms with Crippen molar-refractivity contribution >= 4 is 5.91 Å². The van der Waals surface area contributed by atoms with Crippen LogP contribution in [0.1, 0.15) is 30.0 Å². The van der Waals surface area contributed by atoms with E-state index in [2.05, 4.69) is 0 Å². The number of amides is 1. The molecule has 0 radical (unpaired) electrons. The Bertz CT molecular complexity index is 473. The normalized spacial score (nSPS) is 20.7. The van der Waals surface area contributed by atoms with Gasteiger partial charge in [0, 0.05) is 6.04 Å². The van der Waals surface area contributed by atoms with Crippen molar-refractivity contribution in [2.75, 3.05) is 13.1 Å². The lowest BCUT2D eigenvalue weighted by molar-refractivity contribution is -0.138. The number of carbonyl (C=O) groups excluding carboxylic acids is 1. The number of primary amides is 1. The third kappa shape index (κ3) is 3.07. The number of hydrogen-bond acceptors (Lipinski definition) is 2. The molecule has 1 aromatic rings. The Morgan fingerprint density at radius 2 is 2.05 bits per heavy atom. The second-order valence-electron chi connectivity index (χ2n) is 4.68. The highest BCUT2D eigenvalue weighted by Crippen LogP contribution is 2.39. The van der Waals surface area contributed by atoms with E-state index >= 15 is 0 Å². The van der Waals surface area contributed by atoms with E-state index < -0.39 is 17.6 Å². The van der Waals surface area contributed by atoms with Crippen LogP contribution in [0.3, 0.4) is 0 Å². The van der Waals surface area contributed by atoms with E-state index in [-0.39, 0.29) is 18.2 Å². The number of likely N-dealkylation sites (tertiary alicyclic amines) is 1. The van der Waals surface area contributed by atoms with Crippen LogP contribution in [0.2, 0.25) is 0 Å². The second kappa shape index (κ2) is 5.21. The fraction of sp³-hybridized carbons (Fsp3) is 0.462. The predicted octanol–water partition coefficient (Wildman–Crippen LogP) is 2.33. The molecule has 1 heterocycles. The van der Waals surface area contributed by atoms with Crippen LogP contribution in [-0.4, -0.2) is 23.9 Å². The van der Waals surface area contributed by atoms with E-state index in [0.717, 1.165) is 12.5 Å². The Labute approximate surface area is 109 Å². The van der Waals surface area contributed by atoms with E-state index in [1.54, 1.807) is 11.0 Å². The number of benzene rings is 1. The number of nitrogens with two attached hydrogens (primary N) is 1. The van der Waals surface area contributed by atoms with Gasteiger partial charge in [0.25, 0.3) is 0 Å². The lowest BCUT2D eigenvalue weighted by atomic mass is 9.98. The van der Waals surface area contributed by atoms with Crippen LogP contribution < -0.4 is 5.73 Å². The molecule has 1 aliphatic heterocycles. The van der Waals surface area contributed by atoms with Gasteiger partial charge in [0.1, 0.15) is 0 Å². The molecule has 1 atom stereocenters. The second-order valence-corrected chi connectivity index (χ2v) is 4.68. The zero-order valence-corrected chi connectivity index (χ0v) is 10.3. The molecule has 3 nitrogen and oxygen atoms in total. The first-order valence-electron chi connectivity index (χ1n) is 6.08.